The second kappa shape index (κ2) is 6.66. The van der Waals surface area contributed by atoms with E-state index in [4.69, 9.17) is 4.74 Å². The van der Waals surface area contributed by atoms with Gasteiger partial charge in [-0.05, 0) is 39.8 Å². The van der Waals surface area contributed by atoms with Gasteiger partial charge < -0.3 is 15.0 Å². The minimum absolute atomic E-state index is 0. The maximum atomic E-state index is 12.8. The summed E-state index contributed by atoms with van der Waals surface area (Å²) in [6.45, 7) is 7.83. The summed E-state index contributed by atoms with van der Waals surface area (Å²) in [5, 5.41) is 3.29. The molecule has 2 heterocycles. The van der Waals surface area contributed by atoms with Crippen LogP contribution in [0, 0.1) is 0 Å². The van der Waals surface area contributed by atoms with Crippen LogP contribution in [0.1, 0.15) is 26.7 Å². The van der Waals surface area contributed by atoms with Gasteiger partial charge in [0.25, 0.3) is 5.91 Å². The highest BCUT2D eigenvalue weighted by molar-refractivity contribution is 8.00. The van der Waals surface area contributed by atoms with Crippen LogP contribution in [0.25, 0.3) is 0 Å². The number of piperidine rings is 1. The number of methoxy groups -OCH3 is 1. The molecule has 0 saturated carbocycles. The van der Waals surface area contributed by atoms with Gasteiger partial charge >= 0.3 is 0 Å². The Labute approximate surface area is 126 Å². The van der Waals surface area contributed by atoms with Crippen LogP contribution < -0.4 is 5.32 Å². The van der Waals surface area contributed by atoms with Crippen LogP contribution >= 0.6 is 24.2 Å². The van der Waals surface area contributed by atoms with Gasteiger partial charge in [-0.25, -0.2) is 0 Å². The Kier molecular flexibility index (Phi) is 5.98. The largest absolute Gasteiger partial charge is 0.368 e. The fourth-order valence-electron chi connectivity index (χ4n) is 2.81. The summed E-state index contributed by atoms with van der Waals surface area (Å²) in [5.41, 5.74) is -0.580. The maximum absolute atomic E-state index is 12.8. The quantitative estimate of drug-likeness (QED) is 0.840. The van der Waals surface area contributed by atoms with Crippen LogP contribution in [0.15, 0.2) is 0 Å². The third-order valence-electron chi connectivity index (χ3n) is 3.90. The molecule has 0 aromatic heterocycles. The van der Waals surface area contributed by atoms with Crippen molar-refractivity contribution in [2.75, 3.05) is 39.0 Å². The van der Waals surface area contributed by atoms with E-state index in [2.05, 4.69) is 19.2 Å². The van der Waals surface area contributed by atoms with Gasteiger partial charge in [0.05, 0.1) is 0 Å². The molecule has 2 saturated heterocycles. The second-order valence-corrected chi connectivity index (χ2v) is 7.59. The SMILES string of the molecule is COC1(C(=O)N2CCSC(C)(C)C2)CCNCC1.Cl. The summed E-state index contributed by atoms with van der Waals surface area (Å²) in [6.07, 6.45) is 1.57. The number of nitrogens with zero attached hydrogens (tertiary/aromatic N) is 1. The molecule has 2 aliphatic heterocycles. The summed E-state index contributed by atoms with van der Waals surface area (Å²) >= 11 is 1.95. The van der Waals surface area contributed by atoms with E-state index in [-0.39, 0.29) is 23.1 Å². The fraction of sp³-hybridized carbons (Fsp3) is 0.923. The first-order valence-electron chi connectivity index (χ1n) is 6.68. The number of nitrogens with one attached hydrogen (secondary N) is 1. The summed E-state index contributed by atoms with van der Waals surface area (Å²) in [7, 11) is 1.67. The van der Waals surface area contributed by atoms with E-state index >= 15 is 0 Å². The van der Waals surface area contributed by atoms with Crippen LogP contribution in [-0.2, 0) is 9.53 Å². The zero-order valence-corrected chi connectivity index (χ0v) is 13.7. The van der Waals surface area contributed by atoms with E-state index in [0.717, 1.165) is 44.8 Å². The van der Waals surface area contributed by atoms with E-state index in [0.29, 0.717) is 0 Å². The predicted molar refractivity (Wildman–Crippen MR) is 82.2 cm³/mol. The molecule has 1 amide bonds. The molecular weight excluding hydrogens is 284 g/mol. The fourth-order valence-corrected chi connectivity index (χ4v) is 3.93. The molecule has 2 aliphatic rings. The molecule has 1 N–H and O–H groups in total. The van der Waals surface area contributed by atoms with E-state index in [9.17, 15) is 4.79 Å². The third kappa shape index (κ3) is 3.78. The average molecular weight is 309 g/mol. The second-order valence-electron chi connectivity index (χ2n) is 5.78. The van der Waals surface area contributed by atoms with E-state index < -0.39 is 5.60 Å². The van der Waals surface area contributed by atoms with Crippen LogP contribution in [0.3, 0.4) is 0 Å². The highest BCUT2D eigenvalue weighted by atomic mass is 35.5. The number of amides is 1. The molecule has 19 heavy (non-hydrogen) atoms. The smallest absolute Gasteiger partial charge is 0.254 e. The molecule has 2 fully saturated rings. The molecule has 0 bridgehead atoms. The number of carbonyl (C=O) groups excluding carboxylic acids is 1. The first kappa shape index (κ1) is 17.1. The standard InChI is InChI=1S/C13H24N2O2S.ClH/c1-12(2)10-15(8-9-18-12)11(16)13(17-3)4-6-14-7-5-13;/h14H,4-10H2,1-3H3;1H. The minimum atomic E-state index is -0.580. The Morgan fingerprint density at radius 3 is 2.47 bits per heavy atom. The Morgan fingerprint density at radius 1 is 1.32 bits per heavy atom. The van der Waals surface area contributed by atoms with Crippen LogP contribution in [-0.4, -0.2) is 60.2 Å². The number of rotatable bonds is 2. The predicted octanol–water partition coefficient (Wildman–Crippen LogP) is 1.53. The summed E-state index contributed by atoms with van der Waals surface area (Å²) in [6, 6.07) is 0. The topological polar surface area (TPSA) is 41.6 Å². The van der Waals surface area contributed by atoms with E-state index in [1.54, 1.807) is 7.11 Å². The van der Waals surface area contributed by atoms with Crippen molar-refractivity contribution >= 4 is 30.1 Å². The first-order chi connectivity index (χ1) is 8.49. The highest BCUT2D eigenvalue weighted by Gasteiger charge is 2.44. The van der Waals surface area contributed by atoms with Crippen molar-refractivity contribution in [2.24, 2.45) is 0 Å². The minimum Gasteiger partial charge on any atom is -0.368 e. The van der Waals surface area contributed by atoms with Crippen LogP contribution in [0.4, 0.5) is 0 Å². The number of thioether (sulfide) groups is 1. The van der Waals surface area contributed by atoms with E-state index in [1.165, 1.54) is 0 Å². The highest BCUT2D eigenvalue weighted by Crippen LogP contribution is 2.33. The van der Waals surface area contributed by atoms with Gasteiger partial charge in [-0.3, -0.25) is 4.79 Å². The molecule has 0 aliphatic carbocycles. The van der Waals surface area contributed by atoms with Gasteiger partial charge in [-0.1, -0.05) is 0 Å². The molecule has 2 rings (SSSR count). The van der Waals surface area contributed by atoms with Gasteiger partial charge in [0.2, 0.25) is 0 Å². The lowest BCUT2D eigenvalue weighted by Crippen LogP contribution is -2.58. The zero-order chi connectivity index (χ0) is 13.2. The Bertz CT molecular complexity index is 320. The number of ether oxygens (including phenoxy) is 1. The number of halogens is 1. The number of hydrogen-bond donors (Lipinski definition) is 1. The van der Waals surface area contributed by atoms with Gasteiger partial charge in [-0.2, -0.15) is 11.8 Å². The van der Waals surface area contributed by atoms with Gasteiger partial charge in [-0.15, -0.1) is 12.4 Å². The molecule has 112 valence electrons. The normalized spacial score (nSPS) is 25.5. The molecule has 0 aromatic carbocycles. The first-order valence-corrected chi connectivity index (χ1v) is 7.67. The lowest BCUT2D eigenvalue weighted by atomic mass is 9.90. The number of carbonyl (C=O) groups is 1. The van der Waals surface area contributed by atoms with E-state index in [1.807, 2.05) is 16.7 Å². The molecular formula is C13H25ClN2O2S. The molecule has 6 heteroatoms. The van der Waals surface area contributed by atoms with Gasteiger partial charge in [0.15, 0.2) is 0 Å². The van der Waals surface area contributed by atoms with Crippen molar-refractivity contribution in [1.82, 2.24) is 10.2 Å². The maximum Gasteiger partial charge on any atom is 0.254 e. The molecule has 0 spiro atoms. The van der Waals surface area contributed by atoms with Crippen molar-refractivity contribution < 1.29 is 9.53 Å². The Balaban J connectivity index is 0.00000180. The van der Waals surface area contributed by atoms with Crippen molar-refractivity contribution in [2.45, 2.75) is 37.0 Å². The molecule has 0 aromatic rings. The Hall–Kier alpha value is 0.0300. The van der Waals surface area contributed by atoms with Crippen molar-refractivity contribution in [3.63, 3.8) is 0 Å². The third-order valence-corrected chi connectivity index (χ3v) is 5.20. The van der Waals surface area contributed by atoms with Gasteiger partial charge in [0.1, 0.15) is 5.60 Å². The van der Waals surface area contributed by atoms with Crippen molar-refractivity contribution in [3.8, 4) is 0 Å². The lowest BCUT2D eigenvalue weighted by molar-refractivity contribution is -0.158. The molecule has 0 radical (unpaired) electrons. The monoisotopic (exact) mass is 308 g/mol. The molecule has 0 unspecified atom stereocenters. The zero-order valence-electron chi connectivity index (χ0n) is 12.0. The molecule has 4 nitrogen and oxygen atoms in total. The van der Waals surface area contributed by atoms with Crippen LogP contribution in [0.5, 0.6) is 0 Å². The number of hydrogen-bond acceptors (Lipinski definition) is 4. The summed E-state index contributed by atoms with van der Waals surface area (Å²) in [5.74, 6) is 1.22. The lowest BCUT2D eigenvalue weighted by Gasteiger charge is -2.43. The Morgan fingerprint density at radius 2 is 1.95 bits per heavy atom. The van der Waals surface area contributed by atoms with Gasteiger partial charge in [0, 0.05) is 30.7 Å². The summed E-state index contributed by atoms with van der Waals surface area (Å²) in [4.78, 5) is 14.8. The molecule has 0 atom stereocenters. The van der Waals surface area contributed by atoms with Crippen molar-refractivity contribution in [1.29, 1.82) is 0 Å². The van der Waals surface area contributed by atoms with Crippen LogP contribution in [0.2, 0.25) is 0 Å². The average Bonchev–Trinajstić information content (AvgIpc) is 2.37. The summed E-state index contributed by atoms with van der Waals surface area (Å²) < 4.78 is 5.79. The van der Waals surface area contributed by atoms with Crippen molar-refractivity contribution in [3.05, 3.63) is 0 Å².